The first-order valence-electron chi connectivity index (χ1n) is 6.75. The van der Waals surface area contributed by atoms with Gasteiger partial charge >= 0.3 is 0 Å². The number of rotatable bonds is 5. The number of aryl methyl sites for hydroxylation is 1. The SMILES string of the molecule is CCCNCc1cc(F)cc(-n2nc(C)c(Cl)c2C)c1. The largest absolute Gasteiger partial charge is 0.313 e. The standard InChI is InChI=1S/C15H19ClFN3/c1-4-5-18-9-12-6-13(17)8-14(7-12)20-11(3)15(16)10(2)19-20/h6-8,18H,4-5,9H2,1-3H3. The van der Waals surface area contributed by atoms with Crippen molar-refractivity contribution in [2.75, 3.05) is 6.54 Å². The minimum atomic E-state index is -0.264. The van der Waals surface area contributed by atoms with Crippen LogP contribution in [0.4, 0.5) is 4.39 Å². The zero-order valence-corrected chi connectivity index (χ0v) is 12.8. The lowest BCUT2D eigenvalue weighted by atomic mass is 10.2. The molecular weight excluding hydrogens is 277 g/mol. The fourth-order valence-corrected chi connectivity index (χ4v) is 2.26. The maximum Gasteiger partial charge on any atom is 0.125 e. The van der Waals surface area contributed by atoms with Crippen LogP contribution in [0.25, 0.3) is 5.69 Å². The average molecular weight is 296 g/mol. The van der Waals surface area contributed by atoms with Gasteiger partial charge in [-0.1, -0.05) is 18.5 Å². The number of hydrogen-bond acceptors (Lipinski definition) is 2. The van der Waals surface area contributed by atoms with Crippen molar-refractivity contribution >= 4 is 11.6 Å². The summed E-state index contributed by atoms with van der Waals surface area (Å²) in [5, 5.41) is 8.25. The van der Waals surface area contributed by atoms with Crippen LogP contribution in [0.3, 0.4) is 0 Å². The van der Waals surface area contributed by atoms with Gasteiger partial charge in [0.05, 0.1) is 22.1 Å². The summed E-state index contributed by atoms with van der Waals surface area (Å²) in [6.45, 7) is 7.38. The third kappa shape index (κ3) is 3.19. The predicted molar refractivity (Wildman–Crippen MR) is 80.0 cm³/mol. The molecule has 5 heteroatoms. The molecule has 0 spiro atoms. The van der Waals surface area contributed by atoms with Crippen LogP contribution >= 0.6 is 11.6 Å². The normalized spacial score (nSPS) is 11.1. The lowest BCUT2D eigenvalue weighted by Gasteiger charge is -2.09. The highest BCUT2D eigenvalue weighted by Gasteiger charge is 2.12. The molecule has 0 aliphatic rings. The van der Waals surface area contributed by atoms with E-state index in [0.29, 0.717) is 17.3 Å². The molecule has 2 aromatic rings. The first-order chi connectivity index (χ1) is 9.52. The van der Waals surface area contributed by atoms with Crippen LogP contribution in [0.2, 0.25) is 5.02 Å². The molecule has 0 aliphatic heterocycles. The maximum atomic E-state index is 13.8. The quantitative estimate of drug-likeness (QED) is 0.851. The summed E-state index contributed by atoms with van der Waals surface area (Å²) in [7, 11) is 0. The highest BCUT2D eigenvalue weighted by molar-refractivity contribution is 6.31. The van der Waals surface area contributed by atoms with Gasteiger partial charge in [-0.15, -0.1) is 0 Å². The zero-order valence-electron chi connectivity index (χ0n) is 12.0. The Labute approximate surface area is 123 Å². The Hall–Kier alpha value is -1.39. The first-order valence-corrected chi connectivity index (χ1v) is 7.13. The summed E-state index contributed by atoms with van der Waals surface area (Å²) in [6.07, 6.45) is 1.05. The van der Waals surface area contributed by atoms with Crippen molar-refractivity contribution < 1.29 is 4.39 Å². The van der Waals surface area contributed by atoms with Crippen molar-refractivity contribution in [1.82, 2.24) is 15.1 Å². The molecular formula is C15H19ClFN3. The number of halogens is 2. The van der Waals surface area contributed by atoms with Gasteiger partial charge in [0.15, 0.2) is 0 Å². The molecule has 20 heavy (non-hydrogen) atoms. The molecule has 0 radical (unpaired) electrons. The monoisotopic (exact) mass is 295 g/mol. The maximum absolute atomic E-state index is 13.8. The van der Waals surface area contributed by atoms with Crippen molar-refractivity contribution in [2.24, 2.45) is 0 Å². The Bertz CT molecular complexity index is 607. The summed E-state index contributed by atoms with van der Waals surface area (Å²) in [5.74, 6) is -0.264. The third-order valence-electron chi connectivity index (χ3n) is 3.15. The molecule has 0 bridgehead atoms. The minimum absolute atomic E-state index is 0.264. The van der Waals surface area contributed by atoms with Crippen molar-refractivity contribution in [2.45, 2.75) is 33.7 Å². The Morgan fingerprint density at radius 3 is 2.65 bits per heavy atom. The van der Waals surface area contributed by atoms with E-state index in [1.807, 2.05) is 19.9 Å². The van der Waals surface area contributed by atoms with Gasteiger partial charge < -0.3 is 5.32 Å². The number of benzene rings is 1. The van der Waals surface area contributed by atoms with Crippen molar-refractivity contribution in [3.63, 3.8) is 0 Å². The summed E-state index contributed by atoms with van der Waals surface area (Å²) >= 11 is 6.14. The van der Waals surface area contributed by atoms with E-state index >= 15 is 0 Å². The molecule has 3 nitrogen and oxygen atoms in total. The van der Waals surface area contributed by atoms with E-state index in [2.05, 4.69) is 17.3 Å². The molecule has 0 saturated carbocycles. The van der Waals surface area contributed by atoms with E-state index in [4.69, 9.17) is 11.6 Å². The van der Waals surface area contributed by atoms with Gasteiger partial charge in [0.1, 0.15) is 5.82 Å². The van der Waals surface area contributed by atoms with Gasteiger partial charge in [0.25, 0.3) is 0 Å². The minimum Gasteiger partial charge on any atom is -0.313 e. The summed E-state index contributed by atoms with van der Waals surface area (Å²) in [5.41, 5.74) is 3.17. The smallest absolute Gasteiger partial charge is 0.125 e. The molecule has 0 aliphatic carbocycles. The van der Waals surface area contributed by atoms with Gasteiger partial charge in [-0.25, -0.2) is 9.07 Å². The van der Waals surface area contributed by atoms with E-state index in [0.717, 1.165) is 29.9 Å². The van der Waals surface area contributed by atoms with Gasteiger partial charge in [0.2, 0.25) is 0 Å². The highest BCUT2D eigenvalue weighted by atomic mass is 35.5. The van der Waals surface area contributed by atoms with Crippen molar-refractivity contribution in [1.29, 1.82) is 0 Å². The van der Waals surface area contributed by atoms with Crippen LogP contribution in [0, 0.1) is 19.7 Å². The van der Waals surface area contributed by atoms with Gasteiger partial charge in [0, 0.05) is 6.54 Å². The molecule has 1 heterocycles. The molecule has 1 N–H and O–H groups in total. The van der Waals surface area contributed by atoms with Crippen LogP contribution < -0.4 is 5.32 Å². The number of aromatic nitrogens is 2. The highest BCUT2D eigenvalue weighted by Crippen LogP contribution is 2.23. The first kappa shape index (κ1) is 15.0. The Morgan fingerprint density at radius 2 is 2.05 bits per heavy atom. The average Bonchev–Trinajstić information content (AvgIpc) is 2.66. The van der Waals surface area contributed by atoms with E-state index < -0.39 is 0 Å². The molecule has 108 valence electrons. The zero-order chi connectivity index (χ0) is 14.7. The summed E-state index contributed by atoms with van der Waals surface area (Å²) in [6, 6.07) is 4.94. The topological polar surface area (TPSA) is 29.9 Å². The summed E-state index contributed by atoms with van der Waals surface area (Å²) < 4.78 is 15.4. The fraction of sp³-hybridized carbons (Fsp3) is 0.400. The van der Waals surface area contributed by atoms with E-state index in [1.54, 1.807) is 10.7 Å². The van der Waals surface area contributed by atoms with Crippen LogP contribution in [0.15, 0.2) is 18.2 Å². The van der Waals surface area contributed by atoms with Crippen LogP contribution in [0.5, 0.6) is 0 Å². The molecule has 0 amide bonds. The van der Waals surface area contributed by atoms with Crippen LogP contribution in [-0.4, -0.2) is 16.3 Å². The number of nitrogens with zero attached hydrogens (tertiary/aromatic N) is 2. The molecule has 0 saturated heterocycles. The second-order valence-corrected chi connectivity index (χ2v) is 5.27. The third-order valence-corrected chi connectivity index (χ3v) is 3.69. The molecule has 1 aromatic heterocycles. The van der Waals surface area contributed by atoms with Gasteiger partial charge in [-0.2, -0.15) is 5.10 Å². The second-order valence-electron chi connectivity index (χ2n) is 4.89. The molecule has 2 rings (SSSR count). The van der Waals surface area contributed by atoms with Crippen molar-refractivity contribution in [3.05, 3.63) is 46.0 Å². The van der Waals surface area contributed by atoms with E-state index in [9.17, 15) is 4.39 Å². The van der Waals surface area contributed by atoms with Crippen LogP contribution in [-0.2, 0) is 6.54 Å². The van der Waals surface area contributed by atoms with Crippen LogP contribution in [0.1, 0.15) is 30.3 Å². The second kappa shape index (κ2) is 6.37. The number of hydrogen-bond donors (Lipinski definition) is 1. The molecule has 0 atom stereocenters. The van der Waals surface area contributed by atoms with Gasteiger partial charge in [-0.05, 0) is 50.6 Å². The number of nitrogens with one attached hydrogen (secondary N) is 1. The van der Waals surface area contributed by atoms with E-state index in [-0.39, 0.29) is 5.82 Å². The molecule has 0 unspecified atom stereocenters. The lowest BCUT2D eigenvalue weighted by molar-refractivity contribution is 0.616. The van der Waals surface area contributed by atoms with Crippen molar-refractivity contribution in [3.8, 4) is 5.69 Å². The van der Waals surface area contributed by atoms with Gasteiger partial charge in [-0.3, -0.25) is 0 Å². The van der Waals surface area contributed by atoms with E-state index in [1.165, 1.54) is 6.07 Å². The molecule has 0 fully saturated rings. The fourth-order valence-electron chi connectivity index (χ4n) is 2.14. The summed E-state index contributed by atoms with van der Waals surface area (Å²) in [4.78, 5) is 0. The Kier molecular flexibility index (Phi) is 4.78. The molecule has 1 aromatic carbocycles. The Balaban J connectivity index is 2.34. The lowest BCUT2D eigenvalue weighted by Crippen LogP contribution is -2.14. The Morgan fingerprint density at radius 1 is 1.30 bits per heavy atom. The predicted octanol–water partition coefficient (Wildman–Crippen LogP) is 3.78.